The zero-order chi connectivity index (χ0) is 23.1. The molecule has 33 heavy (non-hydrogen) atoms. The Balaban J connectivity index is 1.38. The van der Waals surface area contributed by atoms with Gasteiger partial charge >= 0.3 is 0 Å². The molecule has 0 aliphatic carbocycles. The highest BCUT2D eigenvalue weighted by molar-refractivity contribution is 6.34. The van der Waals surface area contributed by atoms with E-state index in [2.05, 4.69) is 43.3 Å². The first-order valence-electron chi connectivity index (χ1n) is 10.7. The standard InChI is InChI=1S/C24H23ClN6O2/c1-14-3-7-22-19(9-14)20(11-27-33)23-8-4-16(12-30(22)23)28-24(32)18-6-5-17(10-21(18)25)31-13-26-15(2)29-31/h3,5-7,9-11,13,16,33H,4,8,12H2,1-2H3,(H,28,32)/b27-11+. The highest BCUT2D eigenvalue weighted by Crippen LogP contribution is 2.31. The molecule has 1 amide bonds. The van der Waals surface area contributed by atoms with Gasteiger partial charge in [0, 0.05) is 34.7 Å². The number of rotatable bonds is 4. The topological polar surface area (TPSA) is 97.3 Å². The lowest BCUT2D eigenvalue weighted by atomic mass is 10.0. The molecule has 2 aromatic carbocycles. The van der Waals surface area contributed by atoms with Crippen LogP contribution in [-0.2, 0) is 13.0 Å². The lowest BCUT2D eigenvalue weighted by Gasteiger charge is -2.27. The van der Waals surface area contributed by atoms with Crippen LogP contribution >= 0.6 is 11.6 Å². The van der Waals surface area contributed by atoms with Crippen LogP contribution in [-0.4, -0.2) is 42.7 Å². The fourth-order valence-electron chi connectivity index (χ4n) is 4.53. The number of amides is 1. The third-order valence-corrected chi connectivity index (χ3v) is 6.41. The van der Waals surface area contributed by atoms with E-state index in [-0.39, 0.29) is 11.9 Å². The monoisotopic (exact) mass is 462 g/mol. The predicted molar refractivity (Wildman–Crippen MR) is 127 cm³/mol. The number of hydrogen-bond donors (Lipinski definition) is 2. The Morgan fingerprint density at radius 1 is 1.27 bits per heavy atom. The van der Waals surface area contributed by atoms with Crippen LogP contribution < -0.4 is 5.32 Å². The molecule has 9 heteroatoms. The summed E-state index contributed by atoms with van der Waals surface area (Å²) in [6.45, 7) is 4.48. The Labute approximate surface area is 195 Å². The van der Waals surface area contributed by atoms with Crippen molar-refractivity contribution in [3.63, 3.8) is 0 Å². The average molecular weight is 463 g/mol. The van der Waals surface area contributed by atoms with Crippen molar-refractivity contribution >= 4 is 34.6 Å². The maximum absolute atomic E-state index is 13.0. The van der Waals surface area contributed by atoms with Crippen LogP contribution in [0.2, 0.25) is 5.02 Å². The molecule has 3 heterocycles. The van der Waals surface area contributed by atoms with Gasteiger partial charge in [-0.05, 0) is 57.0 Å². The second-order valence-electron chi connectivity index (χ2n) is 8.35. The first-order chi connectivity index (χ1) is 15.9. The molecule has 1 aliphatic heterocycles. The van der Waals surface area contributed by atoms with E-state index in [9.17, 15) is 4.79 Å². The van der Waals surface area contributed by atoms with Gasteiger partial charge in [-0.2, -0.15) is 5.10 Å². The molecule has 0 saturated heterocycles. The van der Waals surface area contributed by atoms with Gasteiger partial charge in [0.05, 0.1) is 22.5 Å². The lowest BCUT2D eigenvalue weighted by molar-refractivity contribution is 0.0928. The van der Waals surface area contributed by atoms with Crippen molar-refractivity contribution in [3.05, 3.63) is 76.0 Å². The molecule has 0 saturated carbocycles. The van der Waals surface area contributed by atoms with E-state index in [1.165, 1.54) is 6.21 Å². The first kappa shape index (κ1) is 21.2. The maximum atomic E-state index is 13.0. The van der Waals surface area contributed by atoms with Gasteiger partial charge in [-0.1, -0.05) is 28.4 Å². The fraction of sp³-hybridized carbons (Fsp3) is 0.250. The summed E-state index contributed by atoms with van der Waals surface area (Å²) in [5, 5.41) is 21.3. The fourth-order valence-corrected chi connectivity index (χ4v) is 4.79. The van der Waals surface area contributed by atoms with Gasteiger partial charge < -0.3 is 15.1 Å². The third kappa shape index (κ3) is 3.87. The molecule has 2 aromatic heterocycles. The molecule has 0 bridgehead atoms. The number of benzene rings is 2. The number of fused-ring (bicyclic) bond motifs is 3. The number of oxime groups is 1. The van der Waals surface area contributed by atoms with E-state index in [0.717, 1.165) is 46.3 Å². The van der Waals surface area contributed by atoms with Crippen molar-refractivity contribution in [1.82, 2.24) is 24.6 Å². The van der Waals surface area contributed by atoms with Crippen LogP contribution in [0.5, 0.6) is 0 Å². The van der Waals surface area contributed by atoms with Crippen LogP contribution in [0.25, 0.3) is 16.6 Å². The van der Waals surface area contributed by atoms with Crippen LogP contribution in [0.1, 0.15) is 39.4 Å². The van der Waals surface area contributed by atoms with Crippen molar-refractivity contribution in [2.45, 2.75) is 39.3 Å². The Bertz CT molecular complexity index is 1400. The molecule has 0 fully saturated rings. The van der Waals surface area contributed by atoms with Crippen molar-refractivity contribution in [2.24, 2.45) is 5.16 Å². The minimum absolute atomic E-state index is 0.0467. The van der Waals surface area contributed by atoms with Gasteiger partial charge in [-0.25, -0.2) is 9.67 Å². The second kappa shape index (κ2) is 8.37. The van der Waals surface area contributed by atoms with Gasteiger partial charge in [0.1, 0.15) is 12.2 Å². The van der Waals surface area contributed by atoms with E-state index in [4.69, 9.17) is 16.8 Å². The summed E-state index contributed by atoms with van der Waals surface area (Å²) in [4.78, 5) is 17.1. The van der Waals surface area contributed by atoms with Crippen LogP contribution in [0.3, 0.4) is 0 Å². The van der Waals surface area contributed by atoms with Gasteiger partial charge in [-0.3, -0.25) is 4.79 Å². The molecule has 0 spiro atoms. The molecule has 1 unspecified atom stereocenters. The molecule has 8 nitrogen and oxygen atoms in total. The van der Waals surface area contributed by atoms with E-state index >= 15 is 0 Å². The molecular formula is C24H23ClN6O2. The lowest BCUT2D eigenvalue weighted by Crippen LogP contribution is -2.41. The van der Waals surface area contributed by atoms with E-state index in [1.54, 1.807) is 29.2 Å². The zero-order valence-corrected chi connectivity index (χ0v) is 19.0. The number of nitrogens with one attached hydrogen (secondary N) is 1. The minimum Gasteiger partial charge on any atom is -0.411 e. The summed E-state index contributed by atoms with van der Waals surface area (Å²) in [6, 6.07) is 11.4. The number of halogens is 1. The van der Waals surface area contributed by atoms with E-state index < -0.39 is 0 Å². The third-order valence-electron chi connectivity index (χ3n) is 6.09. The molecule has 1 aliphatic rings. The van der Waals surface area contributed by atoms with Gasteiger partial charge in [0.2, 0.25) is 0 Å². The van der Waals surface area contributed by atoms with E-state index in [0.29, 0.717) is 23.0 Å². The van der Waals surface area contributed by atoms with Crippen molar-refractivity contribution in [1.29, 1.82) is 0 Å². The largest absolute Gasteiger partial charge is 0.411 e. The Morgan fingerprint density at radius 3 is 2.85 bits per heavy atom. The number of aromatic nitrogens is 4. The number of nitrogens with zero attached hydrogens (tertiary/aromatic N) is 5. The second-order valence-corrected chi connectivity index (χ2v) is 8.75. The summed E-state index contributed by atoms with van der Waals surface area (Å²) in [5.74, 6) is 0.449. The summed E-state index contributed by atoms with van der Waals surface area (Å²) >= 11 is 6.44. The zero-order valence-electron chi connectivity index (χ0n) is 18.3. The number of carbonyl (C=O) groups excluding carboxylic acids is 1. The molecule has 1 atom stereocenters. The predicted octanol–water partition coefficient (Wildman–Crippen LogP) is 4.05. The Hall–Kier alpha value is -3.65. The molecule has 2 N–H and O–H groups in total. The Kier molecular flexibility index (Phi) is 5.38. The highest BCUT2D eigenvalue weighted by atomic mass is 35.5. The van der Waals surface area contributed by atoms with Crippen LogP contribution in [0.15, 0.2) is 47.9 Å². The van der Waals surface area contributed by atoms with Gasteiger partial charge in [0.25, 0.3) is 5.91 Å². The smallest absolute Gasteiger partial charge is 0.253 e. The first-order valence-corrected chi connectivity index (χ1v) is 11.1. The maximum Gasteiger partial charge on any atom is 0.253 e. The normalized spacial score (nSPS) is 15.8. The average Bonchev–Trinajstić information content (AvgIpc) is 3.35. The SMILES string of the molecule is Cc1ccc2c(c1)c(/C=N/O)c1n2CC(NC(=O)c2ccc(-n3cnc(C)n3)cc2Cl)CC1. The highest BCUT2D eigenvalue weighted by Gasteiger charge is 2.26. The molecule has 5 rings (SSSR count). The quantitative estimate of drug-likeness (QED) is 0.271. The van der Waals surface area contributed by atoms with Crippen molar-refractivity contribution < 1.29 is 10.0 Å². The molecule has 0 radical (unpaired) electrons. The summed E-state index contributed by atoms with van der Waals surface area (Å²) in [7, 11) is 0. The summed E-state index contributed by atoms with van der Waals surface area (Å²) in [5.41, 5.74) is 5.42. The summed E-state index contributed by atoms with van der Waals surface area (Å²) in [6.07, 6.45) is 4.66. The van der Waals surface area contributed by atoms with Gasteiger partial charge in [-0.15, -0.1) is 0 Å². The minimum atomic E-state index is -0.209. The van der Waals surface area contributed by atoms with Crippen LogP contribution in [0.4, 0.5) is 0 Å². The van der Waals surface area contributed by atoms with Gasteiger partial charge in [0.15, 0.2) is 0 Å². The molecular weight excluding hydrogens is 440 g/mol. The van der Waals surface area contributed by atoms with Crippen LogP contribution in [0, 0.1) is 13.8 Å². The molecule has 4 aromatic rings. The van der Waals surface area contributed by atoms with E-state index in [1.807, 2.05) is 13.8 Å². The summed E-state index contributed by atoms with van der Waals surface area (Å²) < 4.78 is 3.83. The van der Waals surface area contributed by atoms with Crippen molar-refractivity contribution in [3.8, 4) is 5.69 Å². The van der Waals surface area contributed by atoms with Crippen molar-refractivity contribution in [2.75, 3.05) is 0 Å². The molecule has 168 valence electrons. The number of hydrogen-bond acceptors (Lipinski definition) is 5. The number of carbonyl (C=O) groups is 1. The Morgan fingerprint density at radius 2 is 2.12 bits per heavy atom. The number of aryl methyl sites for hydroxylation is 2.